The van der Waals surface area contributed by atoms with Crippen molar-refractivity contribution >= 4 is 33.3 Å². The molecule has 0 saturated carbocycles. The van der Waals surface area contributed by atoms with Crippen LogP contribution in [0.2, 0.25) is 0 Å². The third-order valence-corrected chi connectivity index (χ3v) is 7.60. The second kappa shape index (κ2) is 9.10. The van der Waals surface area contributed by atoms with Crippen molar-refractivity contribution in [3.05, 3.63) is 40.5 Å². The zero-order valence-electron chi connectivity index (χ0n) is 20.2. The Kier molecular flexibility index (Phi) is 6.11. The highest BCUT2D eigenvalue weighted by Gasteiger charge is 2.36. The monoisotopic (exact) mass is 491 g/mol. The van der Waals surface area contributed by atoms with E-state index < -0.39 is 5.60 Å². The Morgan fingerprint density at radius 3 is 2.86 bits per heavy atom. The number of hydrogen-bond acceptors (Lipinski definition) is 8. The molecule has 2 aliphatic rings. The lowest BCUT2D eigenvalue weighted by Gasteiger charge is -2.38. The summed E-state index contributed by atoms with van der Waals surface area (Å²) < 4.78 is 6.51. The van der Waals surface area contributed by atoms with E-state index in [1.54, 1.807) is 11.2 Å². The number of carbonyl (C=O) groups excluding carboxylic acids is 1. The van der Waals surface area contributed by atoms with Crippen molar-refractivity contribution in [3.8, 4) is 17.3 Å². The van der Waals surface area contributed by atoms with Crippen molar-refractivity contribution in [1.82, 2.24) is 14.9 Å². The van der Waals surface area contributed by atoms with E-state index in [1.807, 2.05) is 39.0 Å². The molecular weight excluding hydrogens is 462 g/mol. The molecule has 4 heterocycles. The Morgan fingerprint density at radius 2 is 2.11 bits per heavy atom. The van der Waals surface area contributed by atoms with Crippen molar-refractivity contribution in [3.63, 3.8) is 0 Å². The van der Waals surface area contributed by atoms with Gasteiger partial charge in [-0.1, -0.05) is 0 Å². The number of likely N-dealkylation sites (tertiary alicyclic amines) is 1. The van der Waals surface area contributed by atoms with Gasteiger partial charge >= 0.3 is 6.09 Å². The maximum Gasteiger partial charge on any atom is 0.410 e. The van der Waals surface area contributed by atoms with Crippen LogP contribution in [0.3, 0.4) is 0 Å². The van der Waals surface area contributed by atoms with Gasteiger partial charge in [-0.2, -0.15) is 5.26 Å². The van der Waals surface area contributed by atoms with Crippen molar-refractivity contribution in [1.29, 1.82) is 5.26 Å². The molecule has 0 radical (unpaired) electrons. The number of carbonyl (C=O) groups is 1. The molecule has 1 amide bonds. The van der Waals surface area contributed by atoms with E-state index >= 15 is 0 Å². The number of fused-ring (bicyclic) bond motifs is 2. The highest BCUT2D eigenvalue weighted by atomic mass is 32.1. The molecule has 0 unspecified atom stereocenters. The summed E-state index contributed by atoms with van der Waals surface area (Å²) in [6.07, 6.45) is 3.99. The molecule has 3 aromatic rings. The van der Waals surface area contributed by atoms with Crippen LogP contribution < -0.4 is 4.90 Å². The number of thiophene rings is 1. The van der Waals surface area contributed by atoms with Gasteiger partial charge in [-0.25, -0.2) is 14.8 Å². The molecule has 0 aliphatic carbocycles. The normalized spacial score (nSPS) is 18.0. The molecule has 1 saturated heterocycles. The SMILES string of the molecule is CC(C)(C)OC(=O)N1CC[C@@H](N2CCCc3cc(C#N)cc(-c4ncnc5cc(CO)sc45)c32)C1. The second-order valence-corrected chi connectivity index (χ2v) is 11.3. The van der Waals surface area contributed by atoms with E-state index in [0.29, 0.717) is 18.7 Å². The summed E-state index contributed by atoms with van der Waals surface area (Å²) in [5.74, 6) is 0. The van der Waals surface area contributed by atoms with Gasteiger partial charge in [0.05, 0.1) is 34.2 Å². The largest absolute Gasteiger partial charge is 0.444 e. The van der Waals surface area contributed by atoms with E-state index in [-0.39, 0.29) is 18.7 Å². The average molecular weight is 492 g/mol. The van der Waals surface area contributed by atoms with Crippen LogP contribution in [0, 0.1) is 11.3 Å². The van der Waals surface area contributed by atoms with Crippen LogP contribution >= 0.6 is 11.3 Å². The predicted octanol–water partition coefficient (Wildman–Crippen LogP) is 4.48. The van der Waals surface area contributed by atoms with Gasteiger partial charge in [-0.3, -0.25) is 0 Å². The number of aryl methyl sites for hydroxylation is 1. The van der Waals surface area contributed by atoms with Gasteiger partial charge in [0.15, 0.2) is 0 Å². The molecular formula is C26H29N5O3S. The molecule has 5 rings (SSSR count). The average Bonchev–Trinajstić information content (AvgIpc) is 3.49. The van der Waals surface area contributed by atoms with Gasteiger partial charge in [0.2, 0.25) is 0 Å². The summed E-state index contributed by atoms with van der Waals surface area (Å²) in [6, 6.07) is 8.25. The summed E-state index contributed by atoms with van der Waals surface area (Å²) in [5.41, 5.74) is 4.78. The molecule has 9 heteroatoms. The Balaban J connectivity index is 1.56. The Hall–Kier alpha value is -3.22. The minimum absolute atomic E-state index is 0.0501. The van der Waals surface area contributed by atoms with E-state index in [0.717, 1.165) is 63.4 Å². The van der Waals surface area contributed by atoms with Crippen LogP contribution in [0.4, 0.5) is 10.5 Å². The van der Waals surface area contributed by atoms with E-state index in [9.17, 15) is 15.2 Å². The van der Waals surface area contributed by atoms with E-state index in [1.165, 1.54) is 11.3 Å². The number of amides is 1. The molecule has 2 aliphatic heterocycles. The molecule has 1 aromatic carbocycles. The lowest BCUT2D eigenvalue weighted by molar-refractivity contribution is 0.0292. The number of nitriles is 1. The summed E-state index contributed by atoms with van der Waals surface area (Å²) >= 11 is 1.48. The van der Waals surface area contributed by atoms with Gasteiger partial charge in [0.1, 0.15) is 11.9 Å². The van der Waals surface area contributed by atoms with Gasteiger partial charge in [0, 0.05) is 41.8 Å². The van der Waals surface area contributed by atoms with Gasteiger partial charge in [0.25, 0.3) is 0 Å². The fourth-order valence-corrected chi connectivity index (χ4v) is 6.02. The molecule has 8 nitrogen and oxygen atoms in total. The Bertz CT molecular complexity index is 1320. The lowest BCUT2D eigenvalue weighted by Crippen LogP contribution is -2.43. The third-order valence-electron chi connectivity index (χ3n) is 6.48. The maximum atomic E-state index is 12.7. The molecule has 1 fully saturated rings. The van der Waals surface area contributed by atoms with Crippen LogP contribution in [0.25, 0.3) is 21.5 Å². The van der Waals surface area contributed by atoms with Crippen molar-refractivity contribution in [2.24, 2.45) is 0 Å². The molecule has 2 aromatic heterocycles. The fraction of sp³-hybridized carbons (Fsp3) is 0.462. The number of benzene rings is 1. The minimum Gasteiger partial charge on any atom is -0.444 e. The topological polar surface area (TPSA) is 103 Å². The molecule has 0 spiro atoms. The van der Waals surface area contributed by atoms with Gasteiger partial charge < -0.3 is 19.6 Å². The number of nitrogens with zero attached hydrogens (tertiary/aromatic N) is 5. The number of hydrogen-bond donors (Lipinski definition) is 1. The predicted molar refractivity (Wildman–Crippen MR) is 135 cm³/mol. The summed E-state index contributed by atoms with van der Waals surface area (Å²) in [4.78, 5) is 26.8. The first-order valence-electron chi connectivity index (χ1n) is 11.9. The minimum atomic E-state index is -0.528. The fourth-order valence-electron chi connectivity index (χ4n) is 5.05. The van der Waals surface area contributed by atoms with Crippen molar-refractivity contribution < 1.29 is 14.6 Å². The molecule has 1 atom stereocenters. The summed E-state index contributed by atoms with van der Waals surface area (Å²) in [7, 11) is 0. The lowest BCUT2D eigenvalue weighted by atomic mass is 9.92. The number of ether oxygens (including phenoxy) is 1. The Labute approximate surface area is 208 Å². The zero-order chi connectivity index (χ0) is 24.7. The second-order valence-electron chi connectivity index (χ2n) is 10.1. The molecule has 182 valence electrons. The van der Waals surface area contributed by atoms with Crippen LogP contribution in [0.5, 0.6) is 0 Å². The smallest absolute Gasteiger partial charge is 0.410 e. The summed E-state index contributed by atoms with van der Waals surface area (Å²) in [5, 5.41) is 19.4. The van der Waals surface area contributed by atoms with Crippen LogP contribution in [-0.4, -0.2) is 57.3 Å². The summed E-state index contributed by atoms with van der Waals surface area (Å²) in [6.45, 7) is 7.72. The van der Waals surface area contributed by atoms with Crippen LogP contribution in [-0.2, 0) is 17.8 Å². The number of aliphatic hydroxyl groups excluding tert-OH is 1. The van der Waals surface area contributed by atoms with Gasteiger partial charge in [-0.05, 0) is 63.8 Å². The van der Waals surface area contributed by atoms with Gasteiger partial charge in [-0.15, -0.1) is 11.3 Å². The van der Waals surface area contributed by atoms with E-state index in [2.05, 4.69) is 20.9 Å². The first-order chi connectivity index (χ1) is 16.8. The van der Waals surface area contributed by atoms with Crippen molar-refractivity contribution in [2.75, 3.05) is 24.5 Å². The van der Waals surface area contributed by atoms with Crippen LogP contribution in [0.15, 0.2) is 24.5 Å². The number of aromatic nitrogens is 2. The van der Waals surface area contributed by atoms with Crippen molar-refractivity contribution in [2.45, 2.75) is 58.3 Å². The molecule has 1 N–H and O–H groups in total. The highest BCUT2D eigenvalue weighted by Crippen LogP contribution is 2.43. The number of anilines is 1. The van der Waals surface area contributed by atoms with Crippen LogP contribution in [0.1, 0.15) is 49.6 Å². The quantitative estimate of drug-likeness (QED) is 0.576. The van der Waals surface area contributed by atoms with E-state index in [4.69, 9.17) is 4.74 Å². The number of aliphatic hydroxyl groups is 1. The highest BCUT2D eigenvalue weighted by molar-refractivity contribution is 7.19. The number of rotatable bonds is 3. The first kappa shape index (κ1) is 23.5. The standard InChI is InChI=1S/C26H29N5O3S/c1-26(2,3)34-25(33)30-8-6-18(13-30)31-7-4-5-17-9-16(12-27)10-20(23(17)31)22-24-21(28-15-29-22)11-19(14-32)35-24/h9-11,15,18,32H,4-8,13-14H2,1-3H3/t18-/m1/s1. The molecule has 35 heavy (non-hydrogen) atoms. The first-order valence-corrected chi connectivity index (χ1v) is 12.8. The zero-order valence-corrected chi connectivity index (χ0v) is 21.1. The Morgan fingerprint density at radius 1 is 1.29 bits per heavy atom. The molecule has 0 bridgehead atoms. The maximum absolute atomic E-state index is 12.7. The third kappa shape index (κ3) is 4.56.